The minimum Gasteiger partial charge on any atom is -0.493 e. The largest absolute Gasteiger partial charge is 0.493 e. The Hall–Kier alpha value is -3.11. The number of carbonyl (C=O) groups is 2. The number of methoxy groups -OCH3 is 1. The van der Waals surface area contributed by atoms with E-state index in [1.54, 1.807) is 6.07 Å². The average Bonchev–Trinajstić information content (AvgIpc) is 2.71. The van der Waals surface area contributed by atoms with Gasteiger partial charge in [-0.05, 0) is 55.8 Å². The monoisotopic (exact) mass is 436 g/mol. The van der Waals surface area contributed by atoms with Crippen LogP contribution in [-0.4, -0.2) is 40.1 Å². The van der Waals surface area contributed by atoms with Gasteiger partial charge in [0.25, 0.3) is 5.91 Å². The third kappa shape index (κ3) is 6.19. The molecule has 0 aromatic heterocycles. The first-order valence-corrected chi connectivity index (χ1v) is 10.7. The Morgan fingerprint density at radius 3 is 2.33 bits per heavy atom. The van der Waals surface area contributed by atoms with Crippen molar-refractivity contribution < 1.29 is 32.2 Å². The van der Waals surface area contributed by atoms with Crippen molar-refractivity contribution in [1.82, 2.24) is 0 Å². The van der Waals surface area contributed by atoms with Gasteiger partial charge in [-0.1, -0.05) is 6.92 Å². The SMILES string of the molecule is CCCOc1ccc(C(=O)O[C@@H](C)C(=O)Nc2ccc(S(N)(=O)=O)cc2)cc1OC. The van der Waals surface area contributed by atoms with Crippen LogP contribution in [0.25, 0.3) is 0 Å². The second kappa shape index (κ2) is 10.1. The van der Waals surface area contributed by atoms with Gasteiger partial charge in [0, 0.05) is 5.69 Å². The Labute approximate surface area is 175 Å². The summed E-state index contributed by atoms with van der Waals surface area (Å²) in [7, 11) is -2.37. The molecule has 3 N–H and O–H groups in total. The third-order valence-electron chi connectivity index (χ3n) is 3.96. The smallest absolute Gasteiger partial charge is 0.339 e. The van der Waals surface area contributed by atoms with Crippen molar-refractivity contribution in [1.29, 1.82) is 0 Å². The van der Waals surface area contributed by atoms with E-state index >= 15 is 0 Å². The number of nitrogens with two attached hydrogens (primary N) is 1. The van der Waals surface area contributed by atoms with E-state index in [-0.39, 0.29) is 10.5 Å². The highest BCUT2D eigenvalue weighted by atomic mass is 32.2. The fourth-order valence-electron chi connectivity index (χ4n) is 2.38. The number of hydrogen-bond donors (Lipinski definition) is 2. The van der Waals surface area contributed by atoms with Crippen LogP contribution in [0.3, 0.4) is 0 Å². The zero-order valence-electron chi connectivity index (χ0n) is 16.9. The number of esters is 1. The van der Waals surface area contributed by atoms with Crippen LogP contribution in [0.5, 0.6) is 11.5 Å². The molecular weight excluding hydrogens is 412 g/mol. The van der Waals surface area contributed by atoms with Crippen LogP contribution >= 0.6 is 0 Å². The number of primary sulfonamides is 1. The van der Waals surface area contributed by atoms with Crippen molar-refractivity contribution in [3.63, 3.8) is 0 Å². The molecule has 0 aliphatic heterocycles. The van der Waals surface area contributed by atoms with E-state index in [1.165, 1.54) is 50.4 Å². The Kier molecular flexibility index (Phi) is 7.79. The number of amides is 1. The molecule has 1 atom stereocenters. The summed E-state index contributed by atoms with van der Waals surface area (Å²) >= 11 is 0. The molecular formula is C20H24N2O7S. The van der Waals surface area contributed by atoms with Crippen molar-refractivity contribution in [2.75, 3.05) is 19.0 Å². The van der Waals surface area contributed by atoms with Crippen molar-refractivity contribution in [3.05, 3.63) is 48.0 Å². The first kappa shape index (κ1) is 23.2. The maximum atomic E-state index is 12.4. The van der Waals surface area contributed by atoms with Crippen LogP contribution in [0.4, 0.5) is 5.69 Å². The number of hydrogen-bond acceptors (Lipinski definition) is 7. The van der Waals surface area contributed by atoms with Crippen LogP contribution in [0.2, 0.25) is 0 Å². The molecule has 2 aromatic carbocycles. The lowest BCUT2D eigenvalue weighted by atomic mass is 10.2. The third-order valence-corrected chi connectivity index (χ3v) is 4.89. The predicted molar refractivity (Wildman–Crippen MR) is 110 cm³/mol. The highest BCUT2D eigenvalue weighted by Crippen LogP contribution is 2.28. The standard InChI is InChI=1S/C20H24N2O7S/c1-4-11-28-17-10-5-14(12-18(17)27-3)20(24)29-13(2)19(23)22-15-6-8-16(9-7-15)30(21,25)26/h5-10,12-13H,4,11H2,1-3H3,(H,22,23)(H2,21,25,26)/t13-/m0/s1. The molecule has 10 heteroatoms. The fourth-order valence-corrected chi connectivity index (χ4v) is 2.90. The van der Waals surface area contributed by atoms with Crippen molar-refractivity contribution in [2.24, 2.45) is 5.14 Å². The molecule has 1 amide bonds. The molecule has 0 saturated heterocycles. The molecule has 0 saturated carbocycles. The molecule has 9 nitrogen and oxygen atoms in total. The number of benzene rings is 2. The Morgan fingerprint density at radius 1 is 1.10 bits per heavy atom. The van der Waals surface area contributed by atoms with E-state index in [0.717, 1.165) is 6.42 Å². The molecule has 0 bridgehead atoms. The zero-order chi connectivity index (χ0) is 22.3. The second-order valence-corrected chi connectivity index (χ2v) is 7.88. The minimum atomic E-state index is -3.83. The summed E-state index contributed by atoms with van der Waals surface area (Å²) in [6, 6.07) is 9.88. The van der Waals surface area contributed by atoms with Crippen LogP contribution < -0.4 is 19.9 Å². The van der Waals surface area contributed by atoms with E-state index in [4.69, 9.17) is 19.3 Å². The van der Waals surface area contributed by atoms with Gasteiger partial charge in [-0.25, -0.2) is 18.4 Å². The topological polar surface area (TPSA) is 134 Å². The number of nitrogens with one attached hydrogen (secondary N) is 1. The average molecular weight is 436 g/mol. The van der Waals surface area contributed by atoms with Gasteiger partial charge >= 0.3 is 5.97 Å². The van der Waals surface area contributed by atoms with Crippen LogP contribution in [-0.2, 0) is 19.6 Å². The Bertz CT molecular complexity index is 1000. The number of ether oxygens (including phenoxy) is 3. The number of anilines is 1. The molecule has 0 heterocycles. The molecule has 2 rings (SSSR count). The molecule has 30 heavy (non-hydrogen) atoms. The van der Waals surface area contributed by atoms with E-state index in [1.807, 2.05) is 6.92 Å². The lowest BCUT2D eigenvalue weighted by molar-refractivity contribution is -0.123. The first-order chi connectivity index (χ1) is 14.2. The van der Waals surface area contributed by atoms with Crippen LogP contribution in [0.1, 0.15) is 30.6 Å². The Balaban J connectivity index is 2.01. The van der Waals surface area contributed by atoms with Crippen molar-refractivity contribution >= 4 is 27.6 Å². The van der Waals surface area contributed by atoms with E-state index < -0.39 is 28.0 Å². The fraction of sp³-hybridized carbons (Fsp3) is 0.300. The summed E-state index contributed by atoms with van der Waals surface area (Å²) in [4.78, 5) is 24.6. The van der Waals surface area contributed by atoms with E-state index in [9.17, 15) is 18.0 Å². The maximum absolute atomic E-state index is 12.4. The summed E-state index contributed by atoms with van der Waals surface area (Å²) in [6.45, 7) is 3.90. The highest BCUT2D eigenvalue weighted by Gasteiger charge is 2.20. The number of sulfonamides is 1. The summed E-state index contributed by atoms with van der Waals surface area (Å²) in [5, 5.41) is 7.57. The van der Waals surface area contributed by atoms with E-state index in [0.29, 0.717) is 23.8 Å². The van der Waals surface area contributed by atoms with Crippen LogP contribution in [0.15, 0.2) is 47.4 Å². The molecule has 2 aromatic rings. The normalized spacial score (nSPS) is 12.0. The molecule has 162 valence electrons. The summed E-state index contributed by atoms with van der Waals surface area (Å²) in [5.74, 6) is -0.404. The lowest BCUT2D eigenvalue weighted by Gasteiger charge is -2.15. The minimum absolute atomic E-state index is 0.0831. The molecule has 0 aliphatic rings. The quantitative estimate of drug-likeness (QED) is 0.576. The number of rotatable bonds is 9. The van der Waals surface area contributed by atoms with Gasteiger partial charge in [-0.2, -0.15) is 0 Å². The van der Waals surface area contributed by atoms with Gasteiger partial charge in [0.1, 0.15) is 0 Å². The summed E-state index contributed by atoms with van der Waals surface area (Å²) in [5.41, 5.74) is 0.530. The van der Waals surface area contributed by atoms with Gasteiger partial charge in [0.2, 0.25) is 10.0 Å². The van der Waals surface area contributed by atoms with Crippen molar-refractivity contribution in [3.8, 4) is 11.5 Å². The highest BCUT2D eigenvalue weighted by molar-refractivity contribution is 7.89. The van der Waals surface area contributed by atoms with Crippen molar-refractivity contribution in [2.45, 2.75) is 31.3 Å². The first-order valence-electron chi connectivity index (χ1n) is 9.11. The van der Waals surface area contributed by atoms with Gasteiger partial charge in [-0.3, -0.25) is 4.79 Å². The van der Waals surface area contributed by atoms with Crippen LogP contribution in [0, 0.1) is 0 Å². The van der Waals surface area contributed by atoms with E-state index in [2.05, 4.69) is 5.32 Å². The molecule has 0 radical (unpaired) electrons. The molecule has 0 fully saturated rings. The summed E-state index contributed by atoms with van der Waals surface area (Å²) in [6.07, 6.45) is -0.276. The maximum Gasteiger partial charge on any atom is 0.339 e. The van der Waals surface area contributed by atoms with Gasteiger partial charge < -0.3 is 19.5 Å². The number of carbonyl (C=O) groups excluding carboxylic acids is 2. The molecule has 0 unspecified atom stereocenters. The molecule has 0 aliphatic carbocycles. The molecule has 0 spiro atoms. The van der Waals surface area contributed by atoms with Gasteiger partial charge in [0.05, 0.1) is 24.2 Å². The Morgan fingerprint density at radius 2 is 1.77 bits per heavy atom. The second-order valence-electron chi connectivity index (χ2n) is 6.32. The summed E-state index contributed by atoms with van der Waals surface area (Å²) < 4.78 is 38.5. The van der Waals surface area contributed by atoms with Gasteiger partial charge in [-0.15, -0.1) is 0 Å². The lowest BCUT2D eigenvalue weighted by Crippen LogP contribution is -2.30. The predicted octanol–water partition coefficient (Wildman–Crippen LogP) is 2.32. The zero-order valence-corrected chi connectivity index (χ0v) is 17.7. The van der Waals surface area contributed by atoms with Gasteiger partial charge in [0.15, 0.2) is 17.6 Å².